The van der Waals surface area contributed by atoms with E-state index in [0.717, 1.165) is 4.90 Å². The van der Waals surface area contributed by atoms with Crippen molar-refractivity contribution in [3.05, 3.63) is 41.9 Å². The van der Waals surface area contributed by atoms with Gasteiger partial charge in [0, 0.05) is 25.0 Å². The first kappa shape index (κ1) is 14.1. The van der Waals surface area contributed by atoms with Crippen molar-refractivity contribution in [1.29, 1.82) is 0 Å². The molecule has 0 bridgehead atoms. The van der Waals surface area contributed by atoms with Gasteiger partial charge in [0.25, 0.3) is 5.91 Å². The molecule has 7 heteroatoms. The first-order valence-corrected chi connectivity index (χ1v) is 6.22. The number of nitrogens with two attached hydrogens (primary N) is 1. The van der Waals surface area contributed by atoms with Gasteiger partial charge in [-0.2, -0.15) is 0 Å². The van der Waals surface area contributed by atoms with Crippen molar-refractivity contribution in [3.63, 3.8) is 0 Å². The Morgan fingerprint density at radius 3 is 2.50 bits per heavy atom. The third kappa shape index (κ3) is 2.97. The van der Waals surface area contributed by atoms with Crippen LogP contribution in [-0.4, -0.2) is 21.4 Å². The Hall–Kier alpha value is -2.34. The Balaban J connectivity index is 2.25. The second-order valence-corrected chi connectivity index (χ2v) is 4.50. The Morgan fingerprint density at radius 2 is 2.00 bits per heavy atom. The molecule has 0 saturated carbocycles. The van der Waals surface area contributed by atoms with Gasteiger partial charge in [-0.05, 0) is 35.9 Å². The van der Waals surface area contributed by atoms with Crippen LogP contribution in [-0.2, 0) is 16.1 Å². The van der Waals surface area contributed by atoms with Crippen LogP contribution in [0.3, 0.4) is 0 Å². The number of imide groups is 1. The van der Waals surface area contributed by atoms with Crippen LogP contribution in [0, 0.1) is 0 Å². The minimum absolute atomic E-state index is 0.0667. The summed E-state index contributed by atoms with van der Waals surface area (Å²) in [7, 11) is 0. The van der Waals surface area contributed by atoms with E-state index in [-0.39, 0.29) is 17.7 Å². The summed E-state index contributed by atoms with van der Waals surface area (Å²) in [5.41, 5.74) is 6.61. The van der Waals surface area contributed by atoms with Gasteiger partial charge < -0.3 is 10.3 Å². The molecule has 2 aromatic rings. The zero-order valence-electron chi connectivity index (χ0n) is 10.8. The quantitative estimate of drug-likeness (QED) is 0.873. The highest BCUT2D eigenvalue weighted by Gasteiger charge is 2.21. The van der Waals surface area contributed by atoms with Gasteiger partial charge in [-0.25, -0.2) is 9.88 Å². The van der Waals surface area contributed by atoms with E-state index in [0.29, 0.717) is 11.4 Å². The van der Waals surface area contributed by atoms with Crippen molar-refractivity contribution in [2.45, 2.75) is 13.5 Å². The molecule has 0 fully saturated rings. The predicted molar refractivity (Wildman–Crippen MR) is 76.3 cm³/mol. The summed E-state index contributed by atoms with van der Waals surface area (Å²) in [5.74, 6) is -0.779. The maximum Gasteiger partial charge on any atom is 0.253 e. The third-order valence-corrected chi connectivity index (χ3v) is 3.00. The first-order chi connectivity index (χ1) is 9.49. The summed E-state index contributed by atoms with van der Waals surface area (Å²) in [4.78, 5) is 28.8. The van der Waals surface area contributed by atoms with Crippen LogP contribution in [0.4, 0.5) is 11.4 Å². The van der Waals surface area contributed by atoms with Crippen molar-refractivity contribution in [3.8, 4) is 0 Å². The number of nitrogens with zero attached hydrogens (tertiary/aromatic N) is 3. The molecule has 2 rings (SSSR count). The average molecular weight is 293 g/mol. The molecule has 104 valence electrons. The van der Waals surface area contributed by atoms with Crippen LogP contribution in [0.2, 0.25) is 5.28 Å². The highest BCUT2D eigenvalue weighted by molar-refractivity contribution is 6.28. The van der Waals surface area contributed by atoms with E-state index in [9.17, 15) is 9.59 Å². The Kier molecular flexibility index (Phi) is 4.05. The summed E-state index contributed by atoms with van der Waals surface area (Å²) in [6.45, 7) is 1.26. The van der Waals surface area contributed by atoms with Gasteiger partial charge in [0.2, 0.25) is 11.2 Å². The SMILES string of the molecule is CC(=O)N(C(=O)Cn1ccnc1Cl)c1ccc(N)cc1. The number of benzene rings is 1. The summed E-state index contributed by atoms with van der Waals surface area (Å²) >= 11 is 5.81. The fourth-order valence-corrected chi connectivity index (χ4v) is 1.94. The van der Waals surface area contributed by atoms with Gasteiger partial charge in [-0.3, -0.25) is 9.59 Å². The smallest absolute Gasteiger partial charge is 0.253 e. The Labute approximate surface area is 120 Å². The molecule has 20 heavy (non-hydrogen) atoms. The largest absolute Gasteiger partial charge is 0.399 e. The first-order valence-electron chi connectivity index (χ1n) is 5.84. The van der Waals surface area contributed by atoms with Crippen LogP contribution < -0.4 is 10.6 Å². The molecule has 0 aliphatic carbocycles. The number of imidazole rings is 1. The molecule has 0 unspecified atom stereocenters. The lowest BCUT2D eigenvalue weighted by Crippen LogP contribution is -2.37. The molecular weight excluding hydrogens is 280 g/mol. The van der Waals surface area contributed by atoms with Crippen LogP contribution >= 0.6 is 11.6 Å². The van der Waals surface area contributed by atoms with Gasteiger partial charge in [-0.15, -0.1) is 0 Å². The van der Waals surface area contributed by atoms with E-state index in [4.69, 9.17) is 17.3 Å². The zero-order valence-corrected chi connectivity index (χ0v) is 11.5. The summed E-state index contributed by atoms with van der Waals surface area (Å²) in [6.07, 6.45) is 3.05. The normalized spacial score (nSPS) is 10.3. The summed E-state index contributed by atoms with van der Waals surface area (Å²) in [5, 5.41) is 0.194. The van der Waals surface area contributed by atoms with E-state index < -0.39 is 5.91 Å². The minimum atomic E-state index is -0.401. The van der Waals surface area contributed by atoms with Crippen LogP contribution in [0.5, 0.6) is 0 Å². The number of hydrogen-bond donors (Lipinski definition) is 1. The number of carbonyl (C=O) groups excluding carboxylic acids is 2. The lowest BCUT2D eigenvalue weighted by Gasteiger charge is -2.19. The fourth-order valence-electron chi connectivity index (χ4n) is 1.77. The van der Waals surface area contributed by atoms with Gasteiger partial charge >= 0.3 is 0 Å². The van der Waals surface area contributed by atoms with Gasteiger partial charge in [0.15, 0.2) is 0 Å². The molecule has 6 nitrogen and oxygen atoms in total. The molecule has 0 atom stereocenters. The minimum Gasteiger partial charge on any atom is -0.399 e. The molecule has 0 spiro atoms. The second kappa shape index (κ2) is 5.75. The van der Waals surface area contributed by atoms with E-state index >= 15 is 0 Å². The molecule has 0 saturated heterocycles. The molecule has 0 aliphatic heterocycles. The molecule has 1 aromatic carbocycles. The van der Waals surface area contributed by atoms with Crippen molar-refractivity contribution >= 4 is 34.8 Å². The van der Waals surface area contributed by atoms with E-state index in [2.05, 4.69) is 4.98 Å². The Morgan fingerprint density at radius 1 is 1.35 bits per heavy atom. The van der Waals surface area contributed by atoms with Crippen LogP contribution in [0.1, 0.15) is 6.92 Å². The molecule has 2 N–H and O–H groups in total. The number of aromatic nitrogens is 2. The topological polar surface area (TPSA) is 81.2 Å². The highest BCUT2D eigenvalue weighted by atomic mass is 35.5. The lowest BCUT2D eigenvalue weighted by atomic mass is 10.2. The molecule has 0 aliphatic rings. The van der Waals surface area contributed by atoms with Crippen molar-refractivity contribution in [1.82, 2.24) is 9.55 Å². The van der Waals surface area contributed by atoms with Crippen LogP contribution in [0.25, 0.3) is 0 Å². The Bertz CT molecular complexity index is 636. The molecule has 1 heterocycles. The number of anilines is 2. The second-order valence-electron chi connectivity index (χ2n) is 4.16. The standard InChI is InChI=1S/C13H13ClN4O2/c1-9(19)18(11-4-2-10(15)3-5-11)12(20)8-17-7-6-16-13(17)14/h2-7H,8,15H2,1H3. The molecular formula is C13H13ClN4O2. The summed E-state index contributed by atoms with van der Waals surface area (Å²) < 4.78 is 1.46. The molecule has 1 aromatic heterocycles. The van der Waals surface area contributed by atoms with Gasteiger partial charge in [0.1, 0.15) is 6.54 Å². The maximum absolute atomic E-state index is 12.3. The maximum atomic E-state index is 12.3. The van der Waals surface area contributed by atoms with Gasteiger partial charge in [-0.1, -0.05) is 0 Å². The number of rotatable bonds is 3. The molecule has 0 radical (unpaired) electrons. The van der Waals surface area contributed by atoms with E-state index in [1.165, 1.54) is 17.7 Å². The number of nitrogen functional groups attached to an aromatic ring is 1. The monoisotopic (exact) mass is 292 g/mol. The lowest BCUT2D eigenvalue weighted by molar-refractivity contribution is -0.125. The highest BCUT2D eigenvalue weighted by Crippen LogP contribution is 2.18. The zero-order chi connectivity index (χ0) is 14.7. The fraction of sp³-hybridized carbons (Fsp3) is 0.154. The summed E-state index contributed by atoms with van der Waals surface area (Å²) in [6, 6.07) is 6.49. The van der Waals surface area contributed by atoms with Crippen molar-refractivity contribution in [2.75, 3.05) is 10.6 Å². The molecule has 2 amide bonds. The van der Waals surface area contributed by atoms with Crippen molar-refractivity contribution < 1.29 is 9.59 Å². The number of carbonyl (C=O) groups is 2. The average Bonchev–Trinajstić information content (AvgIpc) is 2.77. The van der Waals surface area contributed by atoms with Crippen LogP contribution in [0.15, 0.2) is 36.7 Å². The van der Waals surface area contributed by atoms with Gasteiger partial charge in [0.05, 0.1) is 5.69 Å². The number of amides is 2. The number of hydrogen-bond acceptors (Lipinski definition) is 4. The van der Waals surface area contributed by atoms with Crippen molar-refractivity contribution in [2.24, 2.45) is 0 Å². The third-order valence-electron chi connectivity index (χ3n) is 2.69. The number of halogens is 1. The predicted octanol–water partition coefficient (Wildman–Crippen LogP) is 1.70. The van der Waals surface area contributed by atoms with E-state index in [1.807, 2.05) is 0 Å². The van der Waals surface area contributed by atoms with E-state index in [1.54, 1.807) is 30.5 Å².